The number of rotatable bonds is 6. The van der Waals surface area contributed by atoms with Crippen molar-refractivity contribution >= 4 is 23.4 Å². The Hall–Kier alpha value is -2.80. The van der Waals surface area contributed by atoms with Crippen LogP contribution in [0.3, 0.4) is 0 Å². The molecule has 0 aromatic heterocycles. The summed E-state index contributed by atoms with van der Waals surface area (Å²) in [5.74, 6) is -1.20. The first-order valence-electron chi connectivity index (χ1n) is 10.0. The molecule has 0 heterocycles. The van der Waals surface area contributed by atoms with E-state index in [1.54, 1.807) is 65.8 Å². The van der Waals surface area contributed by atoms with E-state index in [-0.39, 0.29) is 29.5 Å². The second kappa shape index (κ2) is 8.92. The van der Waals surface area contributed by atoms with Gasteiger partial charge in [0.05, 0.1) is 12.1 Å². The summed E-state index contributed by atoms with van der Waals surface area (Å²) in [6.07, 6.45) is -0.794. The van der Waals surface area contributed by atoms with Crippen molar-refractivity contribution in [2.75, 3.05) is 0 Å². The number of ketones is 3. The molecule has 0 saturated carbocycles. The fraction of sp³-hybridized carbons (Fsp3) is 0.478. The largest absolute Gasteiger partial charge is 0.444 e. The van der Waals surface area contributed by atoms with Gasteiger partial charge >= 0.3 is 6.09 Å². The molecule has 0 fully saturated rings. The first kappa shape index (κ1) is 23.5. The number of ether oxygens (including phenoxy) is 1. The van der Waals surface area contributed by atoms with Crippen molar-refractivity contribution in [3.63, 3.8) is 0 Å². The van der Waals surface area contributed by atoms with E-state index in [2.05, 4.69) is 5.32 Å². The summed E-state index contributed by atoms with van der Waals surface area (Å²) in [6, 6.07) is 4.66. The number of benzene rings is 1. The number of amides is 1. The van der Waals surface area contributed by atoms with Crippen LogP contribution >= 0.6 is 0 Å². The number of allylic oxidation sites excluding steroid dienone is 1. The topological polar surface area (TPSA) is 116 Å². The highest BCUT2D eigenvalue weighted by molar-refractivity contribution is 6.26. The van der Waals surface area contributed by atoms with E-state index in [0.717, 1.165) is 0 Å². The minimum absolute atomic E-state index is 0.0806. The Morgan fingerprint density at radius 2 is 1.60 bits per heavy atom. The third kappa shape index (κ3) is 5.21. The van der Waals surface area contributed by atoms with Crippen LogP contribution in [0.2, 0.25) is 0 Å². The van der Waals surface area contributed by atoms with Crippen molar-refractivity contribution in [3.05, 3.63) is 46.5 Å². The molecule has 1 aliphatic rings. The van der Waals surface area contributed by atoms with Crippen LogP contribution in [0.1, 0.15) is 68.7 Å². The smallest absolute Gasteiger partial charge is 0.408 e. The SMILES string of the molecule is CC1=C(CC(N)C(=O)[C@H](NC(=O)OC(C)(C)C)C(C)C)C(=O)c2ccccc2C1=O. The lowest BCUT2D eigenvalue weighted by Crippen LogP contribution is -2.52. The van der Waals surface area contributed by atoms with Crippen LogP contribution in [0.15, 0.2) is 35.4 Å². The Morgan fingerprint density at radius 3 is 2.10 bits per heavy atom. The first-order valence-corrected chi connectivity index (χ1v) is 10.0. The zero-order chi connectivity index (χ0) is 22.8. The molecule has 7 nitrogen and oxygen atoms in total. The van der Waals surface area contributed by atoms with Crippen LogP contribution in [0.25, 0.3) is 0 Å². The maximum absolute atomic E-state index is 13.0. The highest BCUT2D eigenvalue weighted by Crippen LogP contribution is 2.28. The summed E-state index contributed by atoms with van der Waals surface area (Å²) in [5, 5.41) is 2.58. The second-order valence-corrected chi connectivity index (χ2v) is 8.89. The van der Waals surface area contributed by atoms with Crippen molar-refractivity contribution in [3.8, 4) is 0 Å². The number of carbonyl (C=O) groups excluding carboxylic acids is 4. The van der Waals surface area contributed by atoms with Crippen molar-refractivity contribution in [1.29, 1.82) is 0 Å². The number of alkyl carbamates (subject to hydrolysis) is 1. The van der Waals surface area contributed by atoms with Crippen molar-refractivity contribution in [2.45, 2.75) is 65.6 Å². The summed E-state index contributed by atoms with van der Waals surface area (Å²) >= 11 is 0. The maximum Gasteiger partial charge on any atom is 0.408 e. The molecule has 1 amide bonds. The van der Waals surface area contributed by atoms with Gasteiger partial charge in [-0.3, -0.25) is 14.4 Å². The van der Waals surface area contributed by atoms with Crippen LogP contribution in [-0.4, -0.2) is 41.1 Å². The van der Waals surface area contributed by atoms with Crippen LogP contribution < -0.4 is 11.1 Å². The van der Waals surface area contributed by atoms with Gasteiger partial charge in [-0.1, -0.05) is 38.1 Å². The molecule has 0 bridgehead atoms. The van der Waals surface area contributed by atoms with Gasteiger partial charge in [0.1, 0.15) is 5.60 Å². The summed E-state index contributed by atoms with van der Waals surface area (Å²) in [7, 11) is 0. The molecule has 1 aromatic rings. The van der Waals surface area contributed by atoms with Gasteiger partial charge in [0.15, 0.2) is 17.3 Å². The quantitative estimate of drug-likeness (QED) is 0.738. The van der Waals surface area contributed by atoms with Crippen molar-refractivity contribution in [1.82, 2.24) is 5.32 Å². The fourth-order valence-electron chi connectivity index (χ4n) is 3.35. The molecule has 2 rings (SSSR count). The third-order valence-electron chi connectivity index (χ3n) is 4.92. The Kier molecular flexibility index (Phi) is 6.98. The molecule has 1 aliphatic carbocycles. The molecule has 162 valence electrons. The molecule has 0 spiro atoms. The van der Waals surface area contributed by atoms with Gasteiger partial charge in [0.25, 0.3) is 0 Å². The van der Waals surface area contributed by atoms with E-state index in [4.69, 9.17) is 10.5 Å². The highest BCUT2D eigenvalue weighted by atomic mass is 16.6. The van der Waals surface area contributed by atoms with Gasteiger partial charge in [-0.15, -0.1) is 0 Å². The van der Waals surface area contributed by atoms with Crippen LogP contribution in [0.4, 0.5) is 4.79 Å². The molecule has 30 heavy (non-hydrogen) atoms. The van der Waals surface area contributed by atoms with E-state index in [0.29, 0.717) is 16.7 Å². The third-order valence-corrected chi connectivity index (χ3v) is 4.92. The Morgan fingerprint density at radius 1 is 1.07 bits per heavy atom. The monoisotopic (exact) mass is 414 g/mol. The maximum atomic E-state index is 13.0. The van der Waals surface area contributed by atoms with Gasteiger partial charge < -0.3 is 15.8 Å². The van der Waals surface area contributed by atoms with Gasteiger partial charge in [0.2, 0.25) is 0 Å². The van der Waals surface area contributed by atoms with Gasteiger partial charge in [-0.2, -0.15) is 0 Å². The molecule has 0 saturated heterocycles. The van der Waals surface area contributed by atoms with Crippen LogP contribution in [0, 0.1) is 5.92 Å². The predicted molar refractivity (Wildman–Crippen MR) is 113 cm³/mol. The number of carbonyl (C=O) groups is 4. The number of hydrogen-bond donors (Lipinski definition) is 2. The number of nitrogens with two attached hydrogens (primary N) is 1. The summed E-state index contributed by atoms with van der Waals surface area (Å²) < 4.78 is 5.23. The van der Waals surface area contributed by atoms with Crippen molar-refractivity contribution < 1.29 is 23.9 Å². The summed E-state index contributed by atoms with van der Waals surface area (Å²) in [4.78, 5) is 50.7. The number of nitrogens with one attached hydrogen (secondary N) is 1. The van der Waals surface area contributed by atoms with E-state index < -0.39 is 29.6 Å². The average Bonchev–Trinajstić information content (AvgIpc) is 2.65. The van der Waals surface area contributed by atoms with Crippen LogP contribution in [0.5, 0.6) is 0 Å². The summed E-state index contributed by atoms with van der Waals surface area (Å²) in [5.41, 5.74) is 6.63. The Balaban J connectivity index is 2.20. The molecule has 0 radical (unpaired) electrons. The summed E-state index contributed by atoms with van der Waals surface area (Å²) in [6.45, 7) is 10.3. The first-order chi connectivity index (χ1) is 13.8. The van der Waals surface area contributed by atoms with E-state index in [9.17, 15) is 19.2 Å². The normalized spacial score (nSPS) is 16.3. The number of Topliss-reactive ketones (excluding diaryl/α,β-unsaturated/α-hetero) is 3. The molecule has 7 heteroatoms. The molecule has 1 unspecified atom stereocenters. The van der Waals surface area contributed by atoms with E-state index in [1.165, 1.54) is 0 Å². The van der Waals surface area contributed by atoms with Gasteiger partial charge in [-0.25, -0.2) is 4.79 Å². The van der Waals surface area contributed by atoms with Crippen molar-refractivity contribution in [2.24, 2.45) is 11.7 Å². The lowest BCUT2D eigenvalue weighted by Gasteiger charge is -2.27. The number of hydrogen-bond acceptors (Lipinski definition) is 6. The minimum atomic E-state index is -1.06. The molecule has 1 aromatic carbocycles. The zero-order valence-corrected chi connectivity index (χ0v) is 18.4. The second-order valence-electron chi connectivity index (χ2n) is 8.89. The van der Waals surface area contributed by atoms with Gasteiger partial charge in [0, 0.05) is 22.3 Å². The molecule has 0 aliphatic heterocycles. The molecular formula is C23H30N2O5. The standard InChI is InChI=1S/C23H30N2O5/c1-12(2)18(25-22(29)30-23(4,5)6)21(28)17(24)11-16-13(3)19(26)14-9-7-8-10-15(14)20(16)27/h7-10,12,17-18H,11,24H2,1-6H3,(H,25,29)/t17?,18-/m1/s1. The molecule has 2 atom stereocenters. The predicted octanol–water partition coefficient (Wildman–Crippen LogP) is 3.22. The molecule has 3 N–H and O–H groups in total. The minimum Gasteiger partial charge on any atom is -0.444 e. The lowest BCUT2D eigenvalue weighted by atomic mass is 9.81. The lowest BCUT2D eigenvalue weighted by molar-refractivity contribution is -0.123. The zero-order valence-electron chi connectivity index (χ0n) is 18.4. The highest BCUT2D eigenvalue weighted by Gasteiger charge is 2.35. The van der Waals surface area contributed by atoms with E-state index >= 15 is 0 Å². The Labute approximate surface area is 177 Å². The van der Waals surface area contributed by atoms with E-state index in [1.807, 2.05) is 0 Å². The fourth-order valence-corrected chi connectivity index (χ4v) is 3.35. The number of fused-ring (bicyclic) bond motifs is 1. The van der Waals surface area contributed by atoms with Crippen LogP contribution in [-0.2, 0) is 9.53 Å². The average molecular weight is 415 g/mol. The molecular weight excluding hydrogens is 384 g/mol. The van der Waals surface area contributed by atoms with Gasteiger partial charge in [-0.05, 0) is 40.0 Å². The Bertz CT molecular complexity index is 908.